The van der Waals surface area contributed by atoms with E-state index in [2.05, 4.69) is 4.90 Å². The Morgan fingerprint density at radius 2 is 2.14 bits per heavy atom. The molecule has 1 aliphatic rings. The summed E-state index contributed by atoms with van der Waals surface area (Å²) in [6.07, 6.45) is 0. The van der Waals surface area contributed by atoms with Gasteiger partial charge in [0.1, 0.15) is 5.82 Å². The van der Waals surface area contributed by atoms with Gasteiger partial charge in [-0.3, -0.25) is 4.90 Å². The molecule has 0 saturated carbocycles. The van der Waals surface area contributed by atoms with Crippen molar-refractivity contribution in [2.24, 2.45) is 0 Å². The van der Waals surface area contributed by atoms with E-state index in [1.165, 1.54) is 6.07 Å². The number of halogens is 1. The average Bonchev–Trinajstić information content (AvgIpc) is 2.05. The van der Waals surface area contributed by atoms with E-state index in [0.717, 1.165) is 18.8 Å². The van der Waals surface area contributed by atoms with Crippen molar-refractivity contribution >= 4 is 0 Å². The summed E-state index contributed by atoms with van der Waals surface area (Å²) in [6, 6.07) is 7.36. The quantitative estimate of drug-likeness (QED) is 0.727. The third-order valence-electron chi connectivity index (χ3n) is 2.62. The highest BCUT2D eigenvalue weighted by Gasteiger charge is 2.23. The fourth-order valence-electron chi connectivity index (χ4n) is 1.50. The van der Waals surface area contributed by atoms with Crippen molar-refractivity contribution in [3.05, 3.63) is 35.6 Å². The maximum atomic E-state index is 13.3. The van der Waals surface area contributed by atoms with Gasteiger partial charge in [0.2, 0.25) is 0 Å². The molecule has 14 heavy (non-hydrogen) atoms. The Kier molecular flexibility index (Phi) is 2.79. The summed E-state index contributed by atoms with van der Waals surface area (Å²) in [5.41, 5.74) is 0.752. The van der Waals surface area contributed by atoms with Crippen molar-refractivity contribution in [2.45, 2.75) is 12.6 Å². The second kappa shape index (κ2) is 4.07. The molecule has 2 rings (SSSR count). The Morgan fingerprint density at radius 1 is 1.43 bits per heavy atom. The molecule has 1 aliphatic heterocycles. The van der Waals surface area contributed by atoms with E-state index >= 15 is 0 Å². The van der Waals surface area contributed by atoms with Crippen LogP contribution < -0.4 is 0 Å². The van der Waals surface area contributed by atoms with Gasteiger partial charge in [-0.05, 0) is 13.1 Å². The van der Waals surface area contributed by atoms with E-state index in [1.54, 1.807) is 6.07 Å². The zero-order valence-corrected chi connectivity index (χ0v) is 8.24. The smallest absolute Gasteiger partial charge is 0.127 e. The predicted octanol–water partition coefficient (Wildman–Crippen LogP) is 1.66. The maximum Gasteiger partial charge on any atom is 0.127 e. The summed E-state index contributed by atoms with van der Waals surface area (Å²) < 4.78 is 18.4. The fraction of sp³-hybridized carbons (Fsp3) is 0.455. The maximum absolute atomic E-state index is 13.3. The number of ether oxygens (including phenoxy) is 1. The highest BCUT2D eigenvalue weighted by atomic mass is 19.1. The van der Waals surface area contributed by atoms with Crippen molar-refractivity contribution < 1.29 is 9.13 Å². The summed E-state index contributed by atoms with van der Waals surface area (Å²) in [5.74, 6) is -0.125. The lowest BCUT2D eigenvalue weighted by molar-refractivity contribution is -0.0589. The predicted molar refractivity (Wildman–Crippen MR) is 52.5 cm³/mol. The Morgan fingerprint density at radius 3 is 2.71 bits per heavy atom. The molecule has 0 aliphatic carbocycles. The van der Waals surface area contributed by atoms with Gasteiger partial charge in [0, 0.05) is 12.1 Å². The molecule has 0 radical (unpaired) electrons. The zero-order valence-electron chi connectivity index (χ0n) is 8.24. The lowest BCUT2D eigenvalue weighted by Gasteiger charge is -2.34. The highest BCUT2D eigenvalue weighted by molar-refractivity contribution is 5.17. The van der Waals surface area contributed by atoms with Crippen LogP contribution in [0, 0.1) is 5.82 Å². The average molecular weight is 195 g/mol. The first-order valence-electron chi connectivity index (χ1n) is 4.79. The van der Waals surface area contributed by atoms with Gasteiger partial charge >= 0.3 is 0 Å². The molecule has 1 aromatic carbocycles. The zero-order chi connectivity index (χ0) is 9.97. The third-order valence-corrected chi connectivity index (χ3v) is 2.62. The molecule has 1 saturated heterocycles. The minimum Gasteiger partial charge on any atom is -0.378 e. The fourth-order valence-corrected chi connectivity index (χ4v) is 1.50. The SMILES string of the molecule is CN(Cc1ccccc1F)C1COC1. The first kappa shape index (κ1) is 9.62. The van der Waals surface area contributed by atoms with Crippen molar-refractivity contribution in [1.82, 2.24) is 4.90 Å². The van der Waals surface area contributed by atoms with Crippen LogP contribution in [-0.4, -0.2) is 31.2 Å². The van der Waals surface area contributed by atoms with Gasteiger partial charge in [-0.15, -0.1) is 0 Å². The second-order valence-corrected chi connectivity index (χ2v) is 3.70. The Labute approximate surface area is 83.3 Å². The number of nitrogens with zero attached hydrogens (tertiary/aromatic N) is 1. The van der Waals surface area contributed by atoms with Crippen molar-refractivity contribution in [3.63, 3.8) is 0 Å². The lowest BCUT2D eigenvalue weighted by atomic mass is 10.1. The molecule has 1 heterocycles. The van der Waals surface area contributed by atoms with Gasteiger partial charge in [0.05, 0.1) is 19.3 Å². The van der Waals surface area contributed by atoms with Crippen molar-refractivity contribution in [3.8, 4) is 0 Å². The van der Waals surface area contributed by atoms with Crippen LogP contribution in [0.4, 0.5) is 4.39 Å². The van der Waals surface area contributed by atoms with Gasteiger partial charge in [-0.25, -0.2) is 4.39 Å². The molecule has 0 amide bonds. The minimum absolute atomic E-state index is 0.125. The molecule has 0 bridgehead atoms. The van der Waals surface area contributed by atoms with E-state index in [4.69, 9.17) is 4.74 Å². The molecule has 0 N–H and O–H groups in total. The molecule has 1 aromatic rings. The van der Waals surface area contributed by atoms with Crippen LogP contribution in [0.1, 0.15) is 5.56 Å². The van der Waals surface area contributed by atoms with E-state index in [-0.39, 0.29) is 5.82 Å². The van der Waals surface area contributed by atoms with Crippen LogP contribution in [0.3, 0.4) is 0 Å². The topological polar surface area (TPSA) is 12.5 Å². The van der Waals surface area contributed by atoms with Gasteiger partial charge in [0.15, 0.2) is 0 Å². The molecule has 1 fully saturated rings. The Bertz CT molecular complexity index is 312. The van der Waals surface area contributed by atoms with Crippen LogP contribution in [0.25, 0.3) is 0 Å². The van der Waals surface area contributed by atoms with E-state index < -0.39 is 0 Å². The molecule has 0 unspecified atom stereocenters. The van der Waals surface area contributed by atoms with Crippen LogP contribution in [-0.2, 0) is 11.3 Å². The normalized spacial score (nSPS) is 17.1. The minimum atomic E-state index is -0.125. The van der Waals surface area contributed by atoms with E-state index in [1.807, 2.05) is 19.2 Å². The van der Waals surface area contributed by atoms with Crippen molar-refractivity contribution in [1.29, 1.82) is 0 Å². The largest absolute Gasteiger partial charge is 0.378 e. The molecule has 0 atom stereocenters. The Hall–Kier alpha value is -0.930. The molecular formula is C11H14FNO. The lowest BCUT2D eigenvalue weighted by Crippen LogP contribution is -2.46. The molecule has 2 nitrogen and oxygen atoms in total. The van der Waals surface area contributed by atoms with Gasteiger partial charge < -0.3 is 4.74 Å². The van der Waals surface area contributed by atoms with E-state index in [0.29, 0.717) is 12.6 Å². The Balaban J connectivity index is 1.99. The molecule has 0 spiro atoms. The van der Waals surface area contributed by atoms with Gasteiger partial charge in [-0.1, -0.05) is 18.2 Å². The van der Waals surface area contributed by atoms with Crippen LogP contribution in [0.2, 0.25) is 0 Å². The number of hydrogen-bond acceptors (Lipinski definition) is 2. The number of benzene rings is 1. The van der Waals surface area contributed by atoms with Gasteiger partial charge in [0.25, 0.3) is 0 Å². The molecular weight excluding hydrogens is 181 g/mol. The summed E-state index contributed by atoms with van der Waals surface area (Å²) in [7, 11) is 2.00. The van der Waals surface area contributed by atoms with Crippen LogP contribution in [0.5, 0.6) is 0 Å². The first-order valence-corrected chi connectivity index (χ1v) is 4.79. The van der Waals surface area contributed by atoms with Crippen molar-refractivity contribution in [2.75, 3.05) is 20.3 Å². The standard InChI is InChI=1S/C11H14FNO/c1-13(10-7-14-8-10)6-9-4-2-3-5-11(9)12/h2-5,10H,6-8H2,1H3. The monoisotopic (exact) mass is 195 g/mol. The number of likely N-dealkylation sites (N-methyl/N-ethyl adjacent to an activating group) is 1. The number of hydrogen-bond donors (Lipinski definition) is 0. The first-order chi connectivity index (χ1) is 6.77. The molecule has 3 heteroatoms. The number of rotatable bonds is 3. The summed E-state index contributed by atoms with van der Waals surface area (Å²) in [4.78, 5) is 2.13. The summed E-state index contributed by atoms with van der Waals surface area (Å²) in [6.45, 7) is 2.19. The van der Waals surface area contributed by atoms with Crippen LogP contribution >= 0.6 is 0 Å². The summed E-state index contributed by atoms with van der Waals surface area (Å²) >= 11 is 0. The highest BCUT2D eigenvalue weighted by Crippen LogP contribution is 2.14. The van der Waals surface area contributed by atoms with Crippen LogP contribution in [0.15, 0.2) is 24.3 Å². The molecule has 76 valence electrons. The molecule has 0 aromatic heterocycles. The van der Waals surface area contributed by atoms with E-state index in [9.17, 15) is 4.39 Å². The second-order valence-electron chi connectivity index (χ2n) is 3.70. The summed E-state index contributed by atoms with van der Waals surface area (Å²) in [5, 5.41) is 0. The van der Waals surface area contributed by atoms with Gasteiger partial charge in [-0.2, -0.15) is 0 Å². The third kappa shape index (κ3) is 1.94.